The van der Waals surface area contributed by atoms with Crippen LogP contribution in [0.2, 0.25) is 0 Å². The minimum atomic E-state index is -0.938. The van der Waals surface area contributed by atoms with Crippen molar-refractivity contribution in [3.05, 3.63) is 71.3 Å². The minimum absolute atomic E-state index is 0.172. The summed E-state index contributed by atoms with van der Waals surface area (Å²) in [6.45, 7) is 0.862. The maximum Gasteiger partial charge on any atom is 0.119 e. The van der Waals surface area contributed by atoms with E-state index in [1.807, 2.05) is 48.5 Å². The van der Waals surface area contributed by atoms with Crippen molar-refractivity contribution < 1.29 is 9.84 Å². The van der Waals surface area contributed by atoms with Crippen molar-refractivity contribution in [1.82, 2.24) is 4.90 Å². The Morgan fingerprint density at radius 1 is 1.15 bits per heavy atom. The van der Waals surface area contributed by atoms with Gasteiger partial charge in [0.25, 0.3) is 0 Å². The number of ether oxygens (including phenoxy) is 1. The number of benzene rings is 2. The average molecular weight is 351 g/mol. The van der Waals surface area contributed by atoms with E-state index < -0.39 is 5.60 Å². The molecule has 1 N–H and O–H groups in total. The van der Waals surface area contributed by atoms with Crippen molar-refractivity contribution in [2.75, 3.05) is 27.7 Å². The van der Waals surface area contributed by atoms with Crippen LogP contribution in [0.1, 0.15) is 30.4 Å². The highest BCUT2D eigenvalue weighted by Crippen LogP contribution is 2.46. The second-order valence-corrected chi connectivity index (χ2v) is 7.43. The molecule has 0 aliphatic heterocycles. The average Bonchev–Trinajstić information content (AvgIpc) is 2.65. The minimum Gasteiger partial charge on any atom is -0.497 e. The highest BCUT2D eigenvalue weighted by atomic mass is 16.5. The van der Waals surface area contributed by atoms with E-state index in [1.165, 1.54) is 0 Å². The van der Waals surface area contributed by atoms with Crippen LogP contribution in [0.4, 0.5) is 0 Å². The van der Waals surface area contributed by atoms with Crippen molar-refractivity contribution >= 4 is 6.08 Å². The first-order valence-electron chi connectivity index (χ1n) is 9.31. The summed E-state index contributed by atoms with van der Waals surface area (Å²) >= 11 is 0. The van der Waals surface area contributed by atoms with Crippen molar-refractivity contribution in [3.8, 4) is 5.75 Å². The van der Waals surface area contributed by atoms with Gasteiger partial charge in [-0.15, -0.1) is 0 Å². The van der Waals surface area contributed by atoms with Gasteiger partial charge in [0, 0.05) is 12.5 Å². The van der Waals surface area contributed by atoms with Gasteiger partial charge in [0.15, 0.2) is 0 Å². The smallest absolute Gasteiger partial charge is 0.119 e. The third kappa shape index (κ3) is 3.84. The molecule has 0 spiro atoms. The first-order chi connectivity index (χ1) is 12.5. The van der Waals surface area contributed by atoms with Crippen LogP contribution in [0.5, 0.6) is 5.75 Å². The topological polar surface area (TPSA) is 32.7 Å². The molecule has 2 unspecified atom stereocenters. The van der Waals surface area contributed by atoms with Crippen LogP contribution in [-0.2, 0) is 5.60 Å². The van der Waals surface area contributed by atoms with Gasteiger partial charge in [-0.1, -0.05) is 48.5 Å². The monoisotopic (exact) mass is 351 g/mol. The maximum atomic E-state index is 12.0. The predicted octanol–water partition coefficient (Wildman–Crippen LogP) is 4.33. The van der Waals surface area contributed by atoms with Crippen LogP contribution < -0.4 is 4.74 Å². The highest BCUT2D eigenvalue weighted by molar-refractivity contribution is 5.58. The van der Waals surface area contributed by atoms with Crippen molar-refractivity contribution in [2.24, 2.45) is 5.92 Å². The summed E-state index contributed by atoms with van der Waals surface area (Å²) in [7, 11) is 5.83. The first kappa shape index (κ1) is 18.7. The lowest BCUT2D eigenvalue weighted by Gasteiger charge is -2.44. The number of aliphatic hydroxyl groups is 1. The van der Waals surface area contributed by atoms with Gasteiger partial charge < -0.3 is 14.7 Å². The van der Waals surface area contributed by atoms with E-state index in [9.17, 15) is 5.11 Å². The summed E-state index contributed by atoms with van der Waals surface area (Å²) in [5, 5.41) is 12.0. The molecule has 3 nitrogen and oxygen atoms in total. The standard InChI is InChI=1S/C23H29NO2/c1-24(2)17-21-13-8-12-20(15-18-9-7-14-22(16-18)26-3)23(21,25)19-10-5-4-6-11-19/h4-7,9-11,14-16,21,25H,8,12-13,17H2,1-3H3. The Kier molecular flexibility index (Phi) is 5.80. The zero-order chi connectivity index (χ0) is 18.6. The van der Waals surface area contributed by atoms with E-state index in [0.29, 0.717) is 0 Å². The Morgan fingerprint density at radius 2 is 1.92 bits per heavy atom. The molecule has 1 fully saturated rings. The number of hydrogen-bond acceptors (Lipinski definition) is 3. The Hall–Kier alpha value is -2.10. The van der Waals surface area contributed by atoms with Crippen LogP contribution >= 0.6 is 0 Å². The molecule has 3 rings (SSSR count). The predicted molar refractivity (Wildman–Crippen MR) is 107 cm³/mol. The number of hydrogen-bond donors (Lipinski definition) is 1. The normalized spacial score (nSPS) is 24.8. The third-order valence-corrected chi connectivity index (χ3v) is 5.31. The van der Waals surface area contributed by atoms with Gasteiger partial charge in [-0.2, -0.15) is 0 Å². The van der Waals surface area contributed by atoms with Gasteiger partial charge in [0.05, 0.1) is 7.11 Å². The van der Waals surface area contributed by atoms with E-state index in [0.717, 1.165) is 48.3 Å². The SMILES string of the molecule is COc1cccc(C=C2CCCC(CN(C)C)C2(O)c2ccccc2)c1. The van der Waals surface area contributed by atoms with Crippen LogP contribution in [0.3, 0.4) is 0 Å². The fourth-order valence-electron chi connectivity index (χ4n) is 4.09. The third-order valence-electron chi connectivity index (χ3n) is 5.31. The molecule has 1 saturated carbocycles. The summed E-state index contributed by atoms with van der Waals surface area (Å²) < 4.78 is 5.36. The van der Waals surface area contributed by atoms with E-state index in [4.69, 9.17) is 4.74 Å². The lowest BCUT2D eigenvalue weighted by Crippen LogP contribution is -2.44. The Labute approximate surface area is 156 Å². The number of methoxy groups -OCH3 is 1. The second kappa shape index (κ2) is 8.07. The Morgan fingerprint density at radius 3 is 2.62 bits per heavy atom. The molecule has 2 aromatic carbocycles. The molecule has 1 aliphatic carbocycles. The molecular weight excluding hydrogens is 322 g/mol. The van der Waals surface area contributed by atoms with E-state index in [1.54, 1.807) is 7.11 Å². The van der Waals surface area contributed by atoms with Crippen LogP contribution in [-0.4, -0.2) is 37.8 Å². The Balaban J connectivity index is 2.07. The zero-order valence-corrected chi connectivity index (χ0v) is 16.0. The van der Waals surface area contributed by atoms with Crippen molar-refractivity contribution in [1.29, 1.82) is 0 Å². The quantitative estimate of drug-likeness (QED) is 0.870. The summed E-state index contributed by atoms with van der Waals surface area (Å²) in [6, 6.07) is 18.1. The molecule has 1 aliphatic rings. The number of rotatable bonds is 5. The van der Waals surface area contributed by atoms with Gasteiger partial charge in [-0.05, 0) is 62.2 Å². The first-order valence-corrected chi connectivity index (χ1v) is 9.31. The molecule has 0 bridgehead atoms. The highest BCUT2D eigenvalue weighted by Gasteiger charge is 2.43. The summed E-state index contributed by atoms with van der Waals surface area (Å²) in [5.74, 6) is 1.01. The fourth-order valence-corrected chi connectivity index (χ4v) is 4.09. The van der Waals surface area contributed by atoms with Crippen molar-refractivity contribution in [2.45, 2.75) is 24.9 Å². The Bertz CT molecular complexity index is 754. The molecular formula is C23H29NO2. The fraction of sp³-hybridized carbons (Fsp3) is 0.391. The molecule has 3 heteroatoms. The molecule has 0 amide bonds. The summed E-state index contributed by atoms with van der Waals surface area (Å²) in [6.07, 6.45) is 5.19. The molecule has 0 radical (unpaired) electrons. The summed E-state index contributed by atoms with van der Waals surface area (Å²) in [5.41, 5.74) is 2.21. The van der Waals surface area contributed by atoms with E-state index >= 15 is 0 Å². The molecule has 0 aromatic heterocycles. The zero-order valence-electron chi connectivity index (χ0n) is 16.0. The van der Waals surface area contributed by atoms with Gasteiger partial charge >= 0.3 is 0 Å². The lowest BCUT2D eigenvalue weighted by molar-refractivity contribution is -0.0174. The van der Waals surface area contributed by atoms with E-state index in [2.05, 4.69) is 31.1 Å². The van der Waals surface area contributed by atoms with Crippen LogP contribution in [0.15, 0.2) is 60.2 Å². The molecule has 138 valence electrons. The molecule has 26 heavy (non-hydrogen) atoms. The van der Waals surface area contributed by atoms with E-state index in [-0.39, 0.29) is 5.92 Å². The largest absolute Gasteiger partial charge is 0.497 e. The molecule has 0 heterocycles. The number of nitrogens with zero attached hydrogens (tertiary/aromatic N) is 1. The van der Waals surface area contributed by atoms with Crippen LogP contribution in [0.25, 0.3) is 6.08 Å². The van der Waals surface area contributed by atoms with Gasteiger partial charge in [0.2, 0.25) is 0 Å². The van der Waals surface area contributed by atoms with Gasteiger partial charge in [-0.3, -0.25) is 0 Å². The molecule has 2 aromatic rings. The molecule has 2 atom stereocenters. The summed E-state index contributed by atoms with van der Waals surface area (Å²) in [4.78, 5) is 2.17. The van der Waals surface area contributed by atoms with Gasteiger partial charge in [-0.25, -0.2) is 0 Å². The molecule has 0 saturated heterocycles. The van der Waals surface area contributed by atoms with Gasteiger partial charge in [0.1, 0.15) is 11.4 Å². The van der Waals surface area contributed by atoms with Crippen molar-refractivity contribution in [3.63, 3.8) is 0 Å². The lowest BCUT2D eigenvalue weighted by atomic mass is 9.67. The van der Waals surface area contributed by atoms with Crippen LogP contribution in [0, 0.1) is 5.92 Å². The second-order valence-electron chi connectivity index (χ2n) is 7.43. The maximum absolute atomic E-state index is 12.0.